The Morgan fingerprint density at radius 3 is 1.82 bits per heavy atom. The van der Waals surface area contributed by atoms with Gasteiger partial charge in [0.1, 0.15) is 5.69 Å². The minimum absolute atomic E-state index is 0.0881. The molecule has 0 saturated heterocycles. The van der Waals surface area contributed by atoms with Crippen molar-refractivity contribution in [2.24, 2.45) is 33.0 Å². The maximum atomic E-state index is 5.02. The molecule has 3 aliphatic rings. The van der Waals surface area contributed by atoms with Gasteiger partial charge in [-0.25, -0.2) is 4.68 Å². The summed E-state index contributed by atoms with van der Waals surface area (Å²) in [5, 5.41) is 9.92. The highest BCUT2D eigenvalue weighted by Crippen LogP contribution is 2.66. The Labute approximate surface area is 209 Å². The molecule has 1 aromatic rings. The smallest absolute Gasteiger partial charge is 0.117 e. The average Bonchev–Trinajstić information content (AvgIpc) is 3.08. The summed E-state index contributed by atoms with van der Waals surface area (Å²) in [5.74, 6) is 0.543. The molecule has 0 bridgehead atoms. The lowest BCUT2D eigenvalue weighted by atomic mass is 9.67. The summed E-state index contributed by atoms with van der Waals surface area (Å²) in [6.07, 6.45) is 4.72. The normalized spacial score (nSPS) is 27.3. The highest BCUT2D eigenvalue weighted by Gasteiger charge is 2.54. The Morgan fingerprint density at radius 2 is 1.29 bits per heavy atom. The number of hydrogen-bond donors (Lipinski definition) is 0. The zero-order valence-electron chi connectivity index (χ0n) is 24.7. The van der Waals surface area contributed by atoms with Gasteiger partial charge in [-0.15, -0.1) is 5.10 Å². The molecule has 3 nitrogen and oxygen atoms in total. The predicted molar refractivity (Wildman–Crippen MR) is 145 cm³/mol. The second-order valence-corrected chi connectivity index (χ2v) is 16.6. The first-order chi connectivity index (χ1) is 15.1. The molecule has 0 amide bonds. The fourth-order valence-corrected chi connectivity index (χ4v) is 8.49. The van der Waals surface area contributed by atoms with Crippen LogP contribution in [0.15, 0.2) is 11.1 Å². The van der Waals surface area contributed by atoms with E-state index in [1.807, 2.05) is 0 Å². The third-order valence-corrected chi connectivity index (χ3v) is 8.74. The molecule has 0 saturated carbocycles. The van der Waals surface area contributed by atoms with Crippen molar-refractivity contribution < 1.29 is 0 Å². The minimum Gasteiger partial charge on any atom is -0.239 e. The summed E-state index contributed by atoms with van der Waals surface area (Å²) in [4.78, 5) is 0. The summed E-state index contributed by atoms with van der Waals surface area (Å²) in [6.45, 7) is 33.9. The standard InChI is InChI=1S/C31H51N3/c1-26(2,3)16-19-15-20-22(30(11,12)17-28(20,7)8)24-25(34(33-32-24)27(4,5)6)23-21(19)29(9,10)18-31(23,13)14/h19H,15-18H2,1-14H3. The number of aromatic nitrogens is 3. The molecule has 1 aromatic heterocycles. The lowest BCUT2D eigenvalue weighted by Crippen LogP contribution is -2.29. The van der Waals surface area contributed by atoms with Crippen molar-refractivity contribution in [3.8, 4) is 0 Å². The maximum Gasteiger partial charge on any atom is 0.117 e. The molecule has 1 heterocycles. The van der Waals surface area contributed by atoms with Crippen LogP contribution in [0.4, 0.5) is 0 Å². The number of hydrogen-bond acceptors (Lipinski definition) is 2. The van der Waals surface area contributed by atoms with Gasteiger partial charge in [0, 0.05) is 0 Å². The van der Waals surface area contributed by atoms with E-state index in [0.29, 0.717) is 5.92 Å². The second kappa shape index (κ2) is 7.10. The summed E-state index contributed by atoms with van der Waals surface area (Å²) < 4.78 is 2.27. The van der Waals surface area contributed by atoms with Crippen molar-refractivity contribution in [2.45, 2.75) is 128 Å². The van der Waals surface area contributed by atoms with E-state index in [0.717, 1.165) is 6.42 Å². The van der Waals surface area contributed by atoms with Gasteiger partial charge in [0.15, 0.2) is 0 Å². The van der Waals surface area contributed by atoms with Gasteiger partial charge >= 0.3 is 0 Å². The Bertz CT molecular complexity index is 1070. The van der Waals surface area contributed by atoms with Gasteiger partial charge in [0.05, 0.1) is 11.2 Å². The van der Waals surface area contributed by atoms with Gasteiger partial charge < -0.3 is 0 Å². The first-order valence-electron chi connectivity index (χ1n) is 13.5. The van der Waals surface area contributed by atoms with Crippen LogP contribution in [0.2, 0.25) is 0 Å². The highest BCUT2D eigenvalue weighted by atomic mass is 15.5. The molecule has 4 rings (SSSR count). The van der Waals surface area contributed by atoms with E-state index in [9.17, 15) is 0 Å². The zero-order valence-corrected chi connectivity index (χ0v) is 24.7. The van der Waals surface area contributed by atoms with E-state index in [2.05, 4.69) is 102 Å². The molecule has 3 heteroatoms. The molecule has 0 aliphatic heterocycles. The number of nitrogens with zero attached hydrogens (tertiary/aromatic N) is 3. The predicted octanol–water partition coefficient (Wildman–Crippen LogP) is 8.91. The summed E-state index contributed by atoms with van der Waals surface area (Å²) in [5.41, 5.74) is 9.53. The van der Waals surface area contributed by atoms with Crippen molar-refractivity contribution in [1.82, 2.24) is 15.0 Å². The maximum absolute atomic E-state index is 5.02. The highest BCUT2D eigenvalue weighted by molar-refractivity contribution is 5.87. The fourth-order valence-electron chi connectivity index (χ4n) is 8.49. The van der Waals surface area contributed by atoms with Crippen LogP contribution in [0.5, 0.6) is 0 Å². The third kappa shape index (κ3) is 3.94. The molecule has 34 heavy (non-hydrogen) atoms. The Morgan fingerprint density at radius 1 is 0.765 bits per heavy atom. The Kier molecular flexibility index (Phi) is 5.37. The van der Waals surface area contributed by atoms with Crippen molar-refractivity contribution in [1.29, 1.82) is 0 Å². The van der Waals surface area contributed by atoms with Gasteiger partial charge in [-0.2, -0.15) is 0 Å². The summed E-state index contributed by atoms with van der Waals surface area (Å²) in [7, 11) is 0. The van der Waals surface area contributed by atoms with Crippen LogP contribution in [0.1, 0.15) is 134 Å². The SMILES string of the molecule is CC(C)(C)CC1CC2=C(c3nnn(C(C)(C)C)c3C3=C1C(C)(C)CC3(C)C)C(C)(C)CC2(C)C. The van der Waals surface area contributed by atoms with Crippen LogP contribution in [-0.2, 0) is 5.54 Å². The van der Waals surface area contributed by atoms with Gasteiger partial charge in [0.25, 0.3) is 0 Å². The Balaban J connectivity index is 2.18. The van der Waals surface area contributed by atoms with Crippen molar-refractivity contribution in [2.75, 3.05) is 0 Å². The average molecular weight is 466 g/mol. The molecule has 0 N–H and O–H groups in total. The molecular weight excluding hydrogens is 414 g/mol. The largest absolute Gasteiger partial charge is 0.239 e. The first-order valence-corrected chi connectivity index (χ1v) is 13.5. The van der Waals surface area contributed by atoms with E-state index < -0.39 is 0 Å². The topological polar surface area (TPSA) is 30.7 Å². The third-order valence-electron chi connectivity index (χ3n) is 8.74. The van der Waals surface area contributed by atoms with E-state index in [1.165, 1.54) is 36.2 Å². The van der Waals surface area contributed by atoms with Crippen molar-refractivity contribution in [3.05, 3.63) is 22.5 Å². The summed E-state index contributed by atoms with van der Waals surface area (Å²) in [6, 6.07) is 0. The quantitative estimate of drug-likeness (QED) is 0.414. The molecule has 1 unspecified atom stereocenters. The van der Waals surface area contributed by atoms with Crippen LogP contribution in [0.25, 0.3) is 11.1 Å². The molecule has 0 aromatic carbocycles. The lowest BCUT2D eigenvalue weighted by molar-refractivity contribution is 0.256. The first kappa shape index (κ1) is 25.7. The molecule has 1 atom stereocenters. The van der Waals surface area contributed by atoms with Crippen molar-refractivity contribution in [3.63, 3.8) is 0 Å². The van der Waals surface area contributed by atoms with Gasteiger partial charge in [-0.3, -0.25) is 0 Å². The molecule has 0 fully saturated rings. The van der Waals surface area contributed by atoms with Gasteiger partial charge in [-0.05, 0) is 90.6 Å². The van der Waals surface area contributed by atoms with Crippen LogP contribution in [0.3, 0.4) is 0 Å². The van der Waals surface area contributed by atoms with Gasteiger partial charge in [-0.1, -0.05) is 92.5 Å². The minimum atomic E-state index is -0.126. The molecule has 190 valence electrons. The number of allylic oxidation sites excluding steroid dienone is 4. The molecular formula is C31H51N3. The van der Waals surface area contributed by atoms with Crippen LogP contribution >= 0.6 is 0 Å². The van der Waals surface area contributed by atoms with Crippen LogP contribution in [0, 0.1) is 33.0 Å². The van der Waals surface area contributed by atoms with Crippen LogP contribution < -0.4 is 0 Å². The van der Waals surface area contributed by atoms with Crippen LogP contribution in [-0.4, -0.2) is 15.0 Å². The van der Waals surface area contributed by atoms with E-state index in [4.69, 9.17) is 10.3 Å². The monoisotopic (exact) mass is 465 g/mol. The van der Waals surface area contributed by atoms with E-state index >= 15 is 0 Å². The number of fused-ring (bicyclic) bond motifs is 3. The van der Waals surface area contributed by atoms with Crippen molar-refractivity contribution >= 4 is 11.1 Å². The van der Waals surface area contributed by atoms with E-state index in [1.54, 1.807) is 16.7 Å². The Hall–Kier alpha value is -1.38. The lowest BCUT2D eigenvalue weighted by Gasteiger charge is -2.38. The second-order valence-electron chi connectivity index (χ2n) is 16.6. The fraction of sp³-hybridized carbons (Fsp3) is 0.806. The molecule has 0 spiro atoms. The van der Waals surface area contributed by atoms with E-state index in [-0.39, 0.29) is 32.6 Å². The number of rotatable bonds is 1. The summed E-state index contributed by atoms with van der Waals surface area (Å²) >= 11 is 0. The zero-order chi connectivity index (χ0) is 25.9. The van der Waals surface area contributed by atoms with Gasteiger partial charge in [0.2, 0.25) is 0 Å². The molecule has 0 radical (unpaired) electrons. The molecule has 3 aliphatic carbocycles.